The summed E-state index contributed by atoms with van der Waals surface area (Å²) in [4.78, 5) is 31.8. The Morgan fingerprint density at radius 1 is 1.13 bits per heavy atom. The fourth-order valence-corrected chi connectivity index (χ4v) is 2.09. The van der Waals surface area contributed by atoms with E-state index in [1.807, 2.05) is 12.1 Å². The number of hydrogen-bond acceptors (Lipinski definition) is 5. The van der Waals surface area contributed by atoms with Crippen LogP contribution in [0.4, 0.5) is 0 Å². The van der Waals surface area contributed by atoms with Gasteiger partial charge in [-0.25, -0.2) is 0 Å². The van der Waals surface area contributed by atoms with E-state index < -0.39 is 23.9 Å². The molecule has 0 fully saturated rings. The van der Waals surface area contributed by atoms with Gasteiger partial charge in [0.25, 0.3) is 0 Å². The fourth-order valence-electron chi connectivity index (χ4n) is 2.09. The molecule has 7 nitrogen and oxygen atoms in total. The number of carbonyl (C=O) groups is 2. The summed E-state index contributed by atoms with van der Waals surface area (Å²) in [5, 5.41) is 2.59. The van der Waals surface area contributed by atoms with Crippen molar-refractivity contribution >= 4 is 11.8 Å². The van der Waals surface area contributed by atoms with E-state index >= 15 is 0 Å². The number of primary amides is 1. The van der Waals surface area contributed by atoms with Gasteiger partial charge in [0.2, 0.25) is 11.8 Å². The molecular weight excluding hydrogens is 294 g/mol. The number of aromatic nitrogens is 2. The molecule has 0 aliphatic carbocycles. The lowest BCUT2D eigenvalue weighted by Crippen LogP contribution is -2.52. The Morgan fingerprint density at radius 3 is 2.57 bits per heavy atom. The van der Waals surface area contributed by atoms with E-state index in [1.165, 1.54) is 0 Å². The highest BCUT2D eigenvalue weighted by Crippen LogP contribution is 2.03. The van der Waals surface area contributed by atoms with Crippen LogP contribution < -0.4 is 16.8 Å². The van der Waals surface area contributed by atoms with Crippen molar-refractivity contribution < 1.29 is 9.59 Å². The average molecular weight is 313 g/mol. The Balaban J connectivity index is 1.96. The van der Waals surface area contributed by atoms with Crippen LogP contribution in [-0.4, -0.2) is 33.9 Å². The molecule has 0 aliphatic rings. The lowest BCUT2D eigenvalue weighted by molar-refractivity contribution is -0.128. The molecule has 2 atom stereocenters. The third kappa shape index (κ3) is 5.15. The van der Waals surface area contributed by atoms with Gasteiger partial charge in [-0.2, -0.15) is 0 Å². The van der Waals surface area contributed by atoms with E-state index in [-0.39, 0.29) is 12.8 Å². The number of pyridine rings is 2. The zero-order chi connectivity index (χ0) is 16.7. The van der Waals surface area contributed by atoms with Crippen LogP contribution in [0.5, 0.6) is 0 Å². The van der Waals surface area contributed by atoms with Crippen molar-refractivity contribution in [3.05, 3.63) is 60.2 Å². The number of nitrogens with one attached hydrogen (secondary N) is 1. The molecule has 2 aromatic heterocycles. The summed E-state index contributed by atoms with van der Waals surface area (Å²) in [6.45, 7) is 0. The molecule has 0 saturated carbocycles. The van der Waals surface area contributed by atoms with Crippen molar-refractivity contribution in [1.82, 2.24) is 15.3 Å². The number of hydrogen-bond donors (Lipinski definition) is 3. The zero-order valence-electron chi connectivity index (χ0n) is 12.6. The van der Waals surface area contributed by atoms with E-state index in [9.17, 15) is 9.59 Å². The van der Waals surface area contributed by atoms with Crippen molar-refractivity contribution in [2.75, 3.05) is 0 Å². The van der Waals surface area contributed by atoms with Gasteiger partial charge < -0.3 is 16.8 Å². The average Bonchev–Trinajstić information content (AvgIpc) is 2.56. The molecule has 2 aromatic rings. The molecule has 0 aromatic carbocycles. The number of amides is 2. The predicted molar refractivity (Wildman–Crippen MR) is 85.0 cm³/mol. The molecule has 0 spiro atoms. The Hall–Kier alpha value is -2.80. The van der Waals surface area contributed by atoms with Crippen LogP contribution in [0.25, 0.3) is 0 Å². The summed E-state index contributed by atoms with van der Waals surface area (Å²) in [5.74, 6) is -1.06. The molecule has 0 unspecified atom stereocenters. The van der Waals surface area contributed by atoms with E-state index in [0.29, 0.717) is 5.69 Å². The van der Waals surface area contributed by atoms with Crippen molar-refractivity contribution in [2.24, 2.45) is 11.5 Å². The molecule has 5 N–H and O–H groups in total. The van der Waals surface area contributed by atoms with Crippen molar-refractivity contribution in [3.8, 4) is 0 Å². The normalized spacial score (nSPS) is 13.1. The summed E-state index contributed by atoms with van der Waals surface area (Å²) >= 11 is 0. The first-order chi connectivity index (χ1) is 11.1. The Morgan fingerprint density at radius 2 is 1.96 bits per heavy atom. The highest BCUT2D eigenvalue weighted by Gasteiger charge is 2.22. The molecule has 2 heterocycles. The lowest BCUT2D eigenvalue weighted by Gasteiger charge is -2.18. The van der Waals surface area contributed by atoms with E-state index in [1.54, 1.807) is 36.8 Å². The van der Waals surface area contributed by atoms with Crippen LogP contribution >= 0.6 is 0 Å². The Kier molecular flexibility index (Phi) is 5.76. The maximum absolute atomic E-state index is 12.2. The first-order valence-electron chi connectivity index (χ1n) is 7.20. The van der Waals surface area contributed by atoms with E-state index in [4.69, 9.17) is 11.5 Å². The van der Waals surface area contributed by atoms with E-state index in [0.717, 1.165) is 5.56 Å². The Bertz CT molecular complexity index is 648. The van der Waals surface area contributed by atoms with Gasteiger partial charge in [0.15, 0.2) is 0 Å². The quantitative estimate of drug-likeness (QED) is 0.639. The summed E-state index contributed by atoms with van der Waals surface area (Å²) < 4.78 is 0. The second-order valence-corrected chi connectivity index (χ2v) is 5.16. The molecule has 0 radical (unpaired) electrons. The maximum atomic E-state index is 12.2. The van der Waals surface area contributed by atoms with Gasteiger partial charge in [0.1, 0.15) is 6.04 Å². The van der Waals surface area contributed by atoms with Gasteiger partial charge >= 0.3 is 0 Å². The van der Waals surface area contributed by atoms with Crippen LogP contribution in [0.1, 0.15) is 11.3 Å². The molecular formula is C16H19N5O2. The van der Waals surface area contributed by atoms with Gasteiger partial charge in [-0.1, -0.05) is 12.1 Å². The Labute approximate surface area is 134 Å². The monoisotopic (exact) mass is 313 g/mol. The molecule has 2 rings (SSSR count). The third-order valence-electron chi connectivity index (χ3n) is 3.31. The highest BCUT2D eigenvalue weighted by atomic mass is 16.2. The van der Waals surface area contributed by atoms with Gasteiger partial charge in [-0.3, -0.25) is 19.6 Å². The first-order valence-corrected chi connectivity index (χ1v) is 7.20. The molecule has 0 bridgehead atoms. The zero-order valence-corrected chi connectivity index (χ0v) is 12.6. The minimum absolute atomic E-state index is 0.269. The van der Waals surface area contributed by atoms with Gasteiger partial charge in [0.05, 0.1) is 6.04 Å². The molecule has 23 heavy (non-hydrogen) atoms. The van der Waals surface area contributed by atoms with Crippen molar-refractivity contribution in [3.63, 3.8) is 0 Å². The summed E-state index contributed by atoms with van der Waals surface area (Å²) in [6, 6.07) is 7.31. The summed E-state index contributed by atoms with van der Waals surface area (Å²) in [5.41, 5.74) is 12.7. The lowest BCUT2D eigenvalue weighted by atomic mass is 10.1. The van der Waals surface area contributed by atoms with Gasteiger partial charge in [0, 0.05) is 37.1 Å². The first kappa shape index (κ1) is 16.6. The topological polar surface area (TPSA) is 124 Å². The fraction of sp³-hybridized carbons (Fsp3) is 0.250. The number of carbonyl (C=O) groups excluding carboxylic acids is 2. The summed E-state index contributed by atoms with van der Waals surface area (Å²) in [7, 11) is 0. The molecule has 7 heteroatoms. The van der Waals surface area contributed by atoms with Crippen LogP contribution in [0.2, 0.25) is 0 Å². The molecule has 0 aliphatic heterocycles. The maximum Gasteiger partial charge on any atom is 0.240 e. The second kappa shape index (κ2) is 8.00. The minimum atomic E-state index is -0.832. The van der Waals surface area contributed by atoms with Crippen molar-refractivity contribution in [2.45, 2.75) is 24.9 Å². The second-order valence-electron chi connectivity index (χ2n) is 5.16. The van der Waals surface area contributed by atoms with Crippen LogP contribution in [0.3, 0.4) is 0 Å². The standard InChI is InChI=1S/C16H19N5O2/c17-13(9-12-5-1-2-7-20-12)16(23)21-14(15(18)22)8-11-4-3-6-19-10-11/h1-7,10,13-14H,8-9,17H2,(H2,18,22)(H,21,23)/t13-,14+/m1/s1. The summed E-state index contributed by atoms with van der Waals surface area (Å²) in [6.07, 6.45) is 5.44. The molecule has 120 valence electrons. The largest absolute Gasteiger partial charge is 0.368 e. The molecule has 0 saturated heterocycles. The number of nitrogens with zero attached hydrogens (tertiary/aromatic N) is 2. The third-order valence-corrected chi connectivity index (χ3v) is 3.31. The number of rotatable bonds is 7. The van der Waals surface area contributed by atoms with Gasteiger partial charge in [-0.05, 0) is 23.8 Å². The SMILES string of the molecule is NC(=O)[C@H](Cc1cccnc1)NC(=O)[C@H](N)Cc1ccccn1. The smallest absolute Gasteiger partial charge is 0.240 e. The van der Waals surface area contributed by atoms with Crippen LogP contribution in [0.15, 0.2) is 48.9 Å². The number of nitrogens with two attached hydrogens (primary N) is 2. The van der Waals surface area contributed by atoms with Crippen LogP contribution in [-0.2, 0) is 22.4 Å². The van der Waals surface area contributed by atoms with Gasteiger partial charge in [-0.15, -0.1) is 0 Å². The van der Waals surface area contributed by atoms with E-state index in [2.05, 4.69) is 15.3 Å². The van der Waals surface area contributed by atoms with Crippen molar-refractivity contribution in [1.29, 1.82) is 0 Å². The van der Waals surface area contributed by atoms with Crippen LogP contribution in [0, 0.1) is 0 Å². The minimum Gasteiger partial charge on any atom is -0.368 e. The predicted octanol–water partition coefficient (Wildman–Crippen LogP) is -0.441. The molecule has 2 amide bonds. The highest BCUT2D eigenvalue weighted by molar-refractivity contribution is 5.89.